The van der Waals surface area contributed by atoms with Crippen molar-refractivity contribution < 1.29 is 9.21 Å². The number of carbonyl (C=O) groups is 1. The predicted octanol–water partition coefficient (Wildman–Crippen LogP) is 4.84. The Morgan fingerprint density at radius 2 is 2.00 bits per heavy atom. The highest BCUT2D eigenvalue weighted by Gasteiger charge is 2.11. The summed E-state index contributed by atoms with van der Waals surface area (Å²) in [5.74, 6) is -0.0346. The lowest BCUT2D eigenvalue weighted by atomic mass is 10.1. The highest BCUT2D eigenvalue weighted by atomic mass is 127. The maximum absolute atomic E-state index is 12.3. The normalized spacial score (nSPS) is 10.9. The minimum Gasteiger partial charge on any atom is -0.464 e. The van der Waals surface area contributed by atoms with Gasteiger partial charge < -0.3 is 9.73 Å². The first-order valence-electron chi connectivity index (χ1n) is 7.05. The van der Waals surface area contributed by atoms with Crippen LogP contribution in [0.3, 0.4) is 0 Å². The number of hydrogen-bond donors (Lipinski definition) is 1. The third-order valence-corrected chi connectivity index (χ3v) is 4.30. The molecule has 1 amide bonds. The Morgan fingerprint density at radius 3 is 2.77 bits per heavy atom. The molecule has 2 aromatic carbocycles. The number of anilines is 1. The van der Waals surface area contributed by atoms with E-state index in [4.69, 9.17) is 4.42 Å². The van der Waals surface area contributed by atoms with Crippen LogP contribution in [0.15, 0.2) is 47.1 Å². The van der Waals surface area contributed by atoms with E-state index in [-0.39, 0.29) is 5.91 Å². The fourth-order valence-corrected chi connectivity index (χ4v) is 3.11. The van der Waals surface area contributed by atoms with Crippen molar-refractivity contribution in [3.63, 3.8) is 0 Å². The third kappa shape index (κ3) is 3.16. The maximum Gasteiger partial charge on any atom is 0.228 e. The number of benzene rings is 2. The van der Waals surface area contributed by atoms with E-state index in [2.05, 4.69) is 27.9 Å². The molecule has 0 radical (unpaired) electrons. The first-order valence-corrected chi connectivity index (χ1v) is 8.13. The lowest BCUT2D eigenvalue weighted by Crippen LogP contribution is -2.15. The lowest BCUT2D eigenvalue weighted by molar-refractivity contribution is -0.115. The van der Waals surface area contributed by atoms with Crippen molar-refractivity contribution in [1.29, 1.82) is 0 Å². The zero-order valence-electron chi connectivity index (χ0n) is 12.4. The monoisotopic (exact) mass is 405 g/mol. The van der Waals surface area contributed by atoms with Gasteiger partial charge in [0.05, 0.1) is 12.7 Å². The van der Waals surface area contributed by atoms with E-state index in [1.54, 1.807) is 6.26 Å². The Morgan fingerprint density at radius 1 is 1.18 bits per heavy atom. The van der Waals surface area contributed by atoms with Crippen LogP contribution in [0.1, 0.15) is 16.7 Å². The Hall–Kier alpha value is -1.82. The second-order valence-corrected chi connectivity index (χ2v) is 6.69. The largest absolute Gasteiger partial charge is 0.464 e. The van der Waals surface area contributed by atoms with Gasteiger partial charge in [0.25, 0.3) is 0 Å². The number of nitrogens with one attached hydrogen (secondary N) is 1. The van der Waals surface area contributed by atoms with Gasteiger partial charge in [-0.15, -0.1) is 0 Å². The second-order valence-electron chi connectivity index (χ2n) is 5.44. The summed E-state index contributed by atoms with van der Waals surface area (Å²) in [4.78, 5) is 12.3. The van der Waals surface area contributed by atoms with E-state index in [0.717, 1.165) is 36.9 Å². The van der Waals surface area contributed by atoms with Gasteiger partial charge in [-0.25, -0.2) is 0 Å². The van der Waals surface area contributed by atoms with E-state index >= 15 is 0 Å². The number of aryl methyl sites for hydroxylation is 2. The van der Waals surface area contributed by atoms with Crippen LogP contribution in [0, 0.1) is 17.4 Å². The third-order valence-electron chi connectivity index (χ3n) is 3.62. The number of amides is 1. The number of halogens is 1. The summed E-state index contributed by atoms with van der Waals surface area (Å²) in [7, 11) is 0. The van der Waals surface area contributed by atoms with Crippen LogP contribution in [-0.2, 0) is 11.2 Å². The van der Waals surface area contributed by atoms with Gasteiger partial charge in [0, 0.05) is 20.2 Å². The molecule has 3 rings (SSSR count). The van der Waals surface area contributed by atoms with E-state index in [1.165, 1.54) is 0 Å². The molecule has 0 atom stereocenters. The minimum atomic E-state index is -0.0346. The van der Waals surface area contributed by atoms with Gasteiger partial charge >= 0.3 is 0 Å². The molecule has 112 valence electrons. The van der Waals surface area contributed by atoms with E-state index in [1.807, 2.05) is 50.2 Å². The average Bonchev–Trinajstić information content (AvgIpc) is 2.84. The zero-order chi connectivity index (χ0) is 15.7. The van der Waals surface area contributed by atoms with Crippen molar-refractivity contribution in [3.05, 3.63) is 62.9 Å². The van der Waals surface area contributed by atoms with Gasteiger partial charge in [0.2, 0.25) is 5.91 Å². The van der Waals surface area contributed by atoms with Crippen LogP contribution in [-0.4, -0.2) is 5.91 Å². The Bertz CT molecular complexity index is 851. The molecule has 1 N–H and O–H groups in total. The standard InChI is InChI=1S/C18H16INO2/c1-11-3-5-15-13(10-22-17(15)7-11)9-18(21)20-16-6-4-14(19)8-12(16)2/h3-8,10H,9H2,1-2H3,(H,20,21). The smallest absolute Gasteiger partial charge is 0.228 e. The molecule has 1 heterocycles. The molecule has 0 unspecified atom stereocenters. The van der Waals surface area contributed by atoms with Crippen molar-refractivity contribution in [2.24, 2.45) is 0 Å². The fraction of sp³-hybridized carbons (Fsp3) is 0.167. The number of rotatable bonds is 3. The van der Waals surface area contributed by atoms with Crippen molar-refractivity contribution in [2.45, 2.75) is 20.3 Å². The Labute approximate surface area is 142 Å². The van der Waals surface area contributed by atoms with Gasteiger partial charge in [-0.2, -0.15) is 0 Å². The lowest BCUT2D eigenvalue weighted by Gasteiger charge is -2.08. The summed E-state index contributed by atoms with van der Waals surface area (Å²) in [6, 6.07) is 12.0. The summed E-state index contributed by atoms with van der Waals surface area (Å²) in [5.41, 5.74) is 4.80. The molecule has 3 aromatic rings. The van der Waals surface area contributed by atoms with E-state index < -0.39 is 0 Å². The summed E-state index contributed by atoms with van der Waals surface area (Å²) in [5, 5.41) is 3.97. The van der Waals surface area contributed by atoms with Crippen molar-refractivity contribution in [3.8, 4) is 0 Å². The highest BCUT2D eigenvalue weighted by molar-refractivity contribution is 14.1. The zero-order valence-corrected chi connectivity index (χ0v) is 14.6. The van der Waals surface area contributed by atoms with Gasteiger partial charge in [0.15, 0.2) is 0 Å². The van der Waals surface area contributed by atoms with Crippen LogP contribution in [0.2, 0.25) is 0 Å². The molecule has 0 saturated carbocycles. The Kier molecular flexibility index (Phi) is 4.20. The first kappa shape index (κ1) is 15.1. The quantitative estimate of drug-likeness (QED) is 0.634. The van der Waals surface area contributed by atoms with Crippen molar-refractivity contribution in [1.82, 2.24) is 0 Å². The summed E-state index contributed by atoms with van der Waals surface area (Å²) >= 11 is 2.26. The molecular weight excluding hydrogens is 389 g/mol. The van der Waals surface area contributed by atoms with E-state index in [9.17, 15) is 4.79 Å². The molecule has 0 spiro atoms. The molecule has 1 aromatic heterocycles. The summed E-state index contributed by atoms with van der Waals surface area (Å²) in [6.07, 6.45) is 1.98. The Balaban J connectivity index is 1.78. The van der Waals surface area contributed by atoms with Crippen LogP contribution >= 0.6 is 22.6 Å². The SMILES string of the molecule is Cc1ccc2c(CC(=O)Nc3ccc(I)cc3C)coc2c1. The van der Waals surface area contributed by atoms with Crippen molar-refractivity contribution in [2.75, 3.05) is 5.32 Å². The van der Waals surface area contributed by atoms with Crippen molar-refractivity contribution >= 4 is 45.2 Å². The molecule has 0 aliphatic rings. The van der Waals surface area contributed by atoms with Crippen LogP contribution in [0.25, 0.3) is 11.0 Å². The van der Waals surface area contributed by atoms with Crippen LogP contribution < -0.4 is 5.32 Å². The van der Waals surface area contributed by atoms with Gasteiger partial charge in [-0.3, -0.25) is 4.79 Å². The molecule has 3 nitrogen and oxygen atoms in total. The van der Waals surface area contributed by atoms with Gasteiger partial charge in [-0.1, -0.05) is 12.1 Å². The second kappa shape index (κ2) is 6.12. The van der Waals surface area contributed by atoms with Crippen LogP contribution in [0.4, 0.5) is 5.69 Å². The van der Waals surface area contributed by atoms with Gasteiger partial charge in [0.1, 0.15) is 5.58 Å². The molecule has 0 aliphatic carbocycles. The fourth-order valence-electron chi connectivity index (χ4n) is 2.46. The van der Waals surface area contributed by atoms with Gasteiger partial charge in [-0.05, 0) is 71.8 Å². The van der Waals surface area contributed by atoms with E-state index in [0.29, 0.717) is 6.42 Å². The summed E-state index contributed by atoms with van der Waals surface area (Å²) in [6.45, 7) is 4.02. The minimum absolute atomic E-state index is 0.0346. The molecule has 0 fully saturated rings. The molecule has 22 heavy (non-hydrogen) atoms. The average molecular weight is 405 g/mol. The number of hydrogen-bond acceptors (Lipinski definition) is 2. The molecule has 0 saturated heterocycles. The molecule has 0 aliphatic heterocycles. The number of carbonyl (C=O) groups excluding carboxylic acids is 1. The number of furan rings is 1. The maximum atomic E-state index is 12.3. The topological polar surface area (TPSA) is 42.2 Å². The molecule has 4 heteroatoms. The summed E-state index contributed by atoms with van der Waals surface area (Å²) < 4.78 is 6.70. The molecule has 0 bridgehead atoms. The van der Waals surface area contributed by atoms with Crippen LogP contribution in [0.5, 0.6) is 0 Å². The number of fused-ring (bicyclic) bond motifs is 1. The predicted molar refractivity (Wildman–Crippen MR) is 97.2 cm³/mol. The molecular formula is C18H16INO2. The first-order chi connectivity index (χ1) is 10.5. The highest BCUT2D eigenvalue weighted by Crippen LogP contribution is 2.23.